The summed E-state index contributed by atoms with van der Waals surface area (Å²) >= 11 is 30.4. The molecule has 1 aromatic heterocycles. The summed E-state index contributed by atoms with van der Waals surface area (Å²) in [6, 6.07) is 8.32. The number of carbonyl (C=O) groups excluding carboxylic acids is 1. The first-order valence-electron chi connectivity index (χ1n) is 8.94. The highest BCUT2D eigenvalue weighted by molar-refractivity contribution is 6.55. The van der Waals surface area contributed by atoms with E-state index in [1.54, 1.807) is 30.3 Å². The lowest BCUT2D eigenvalue weighted by Gasteiger charge is -2.12. The van der Waals surface area contributed by atoms with Gasteiger partial charge in [-0.05, 0) is 42.5 Å². The van der Waals surface area contributed by atoms with Crippen LogP contribution in [0.25, 0.3) is 6.08 Å². The van der Waals surface area contributed by atoms with E-state index < -0.39 is 0 Å². The summed E-state index contributed by atoms with van der Waals surface area (Å²) in [6.45, 7) is -0.0147. The van der Waals surface area contributed by atoms with Crippen molar-refractivity contribution in [1.29, 1.82) is 0 Å². The number of hydrogen-bond donors (Lipinski definition) is 0. The van der Waals surface area contributed by atoms with Gasteiger partial charge in [-0.2, -0.15) is 0 Å². The Morgan fingerprint density at radius 3 is 2.19 bits per heavy atom. The third-order valence-corrected chi connectivity index (χ3v) is 6.52. The summed E-state index contributed by atoms with van der Waals surface area (Å²) in [5, 5.41) is 0.184. The molecule has 0 amide bonds. The van der Waals surface area contributed by atoms with Crippen LogP contribution >= 0.6 is 58.0 Å². The molecule has 10 heteroatoms. The molecule has 0 radical (unpaired) electrons. The number of ketones is 1. The van der Waals surface area contributed by atoms with Crippen molar-refractivity contribution in [1.82, 2.24) is 0 Å². The van der Waals surface area contributed by atoms with Crippen molar-refractivity contribution >= 4 is 69.9 Å². The van der Waals surface area contributed by atoms with Crippen molar-refractivity contribution in [3.8, 4) is 17.2 Å². The van der Waals surface area contributed by atoms with Gasteiger partial charge in [0.15, 0.2) is 11.5 Å². The molecule has 0 aliphatic rings. The quantitative estimate of drug-likeness (QED) is 0.126. The van der Waals surface area contributed by atoms with Gasteiger partial charge in [-0.3, -0.25) is 4.79 Å². The van der Waals surface area contributed by atoms with Crippen LogP contribution in [0.1, 0.15) is 21.9 Å². The van der Waals surface area contributed by atoms with Gasteiger partial charge in [0.05, 0.1) is 34.9 Å². The number of methoxy groups -OCH3 is 2. The van der Waals surface area contributed by atoms with E-state index in [0.717, 1.165) is 0 Å². The lowest BCUT2D eigenvalue weighted by atomic mass is 10.1. The molecular formula is C22H15Cl5O5. The molecule has 0 fully saturated rings. The first-order chi connectivity index (χ1) is 15.3. The van der Waals surface area contributed by atoms with Crippen molar-refractivity contribution in [2.75, 3.05) is 14.2 Å². The molecule has 168 valence electrons. The summed E-state index contributed by atoms with van der Waals surface area (Å²) in [7, 11) is 3.01. The largest absolute Gasteiger partial charge is 0.497 e. The molecule has 3 rings (SSSR count). The van der Waals surface area contributed by atoms with E-state index in [1.807, 2.05) is 0 Å². The normalized spacial score (nSPS) is 11.1. The smallest absolute Gasteiger partial charge is 0.189 e. The molecule has 0 bridgehead atoms. The highest BCUT2D eigenvalue weighted by atomic mass is 35.5. The standard InChI is InChI=1S/C22H15Cl5O5/c1-29-12-6-8-16(30-2)14(9-12)15(28)7-5-11-3-4-13(32-11)10-31-22-20(26)18(24)17(23)19(25)21(22)27/h3-9H,10H2,1-2H3/b7-5+. The third-order valence-electron chi connectivity index (χ3n) is 4.28. The van der Waals surface area contributed by atoms with E-state index in [2.05, 4.69) is 0 Å². The number of benzene rings is 2. The van der Waals surface area contributed by atoms with Crippen molar-refractivity contribution < 1.29 is 23.4 Å². The molecule has 3 aromatic rings. The Morgan fingerprint density at radius 1 is 0.906 bits per heavy atom. The zero-order valence-corrected chi connectivity index (χ0v) is 20.5. The third kappa shape index (κ3) is 5.30. The Bertz CT molecular complexity index is 1160. The predicted molar refractivity (Wildman–Crippen MR) is 127 cm³/mol. The Labute approximate surface area is 209 Å². The van der Waals surface area contributed by atoms with Gasteiger partial charge in [0.2, 0.25) is 0 Å². The minimum absolute atomic E-state index is 0.0147. The Morgan fingerprint density at radius 2 is 1.56 bits per heavy atom. The minimum Gasteiger partial charge on any atom is -0.497 e. The van der Waals surface area contributed by atoms with Crippen molar-refractivity contribution in [3.05, 3.63) is 78.6 Å². The average Bonchev–Trinajstić information content (AvgIpc) is 3.27. The van der Waals surface area contributed by atoms with E-state index >= 15 is 0 Å². The highest BCUT2D eigenvalue weighted by Crippen LogP contribution is 2.48. The number of carbonyl (C=O) groups is 1. The number of rotatable bonds is 8. The Hall–Kier alpha value is -2.02. The summed E-state index contributed by atoms with van der Waals surface area (Å²) in [5.74, 6) is 1.66. The summed E-state index contributed by atoms with van der Waals surface area (Å²) in [5.41, 5.74) is 0.360. The molecule has 0 spiro atoms. The van der Waals surface area contributed by atoms with Crippen molar-refractivity contribution in [2.24, 2.45) is 0 Å². The topological polar surface area (TPSA) is 57.9 Å². The molecule has 2 aromatic carbocycles. The van der Waals surface area contributed by atoms with Gasteiger partial charge in [0, 0.05) is 0 Å². The van der Waals surface area contributed by atoms with Gasteiger partial charge >= 0.3 is 0 Å². The molecule has 0 unspecified atom stereocenters. The maximum Gasteiger partial charge on any atom is 0.189 e. The highest BCUT2D eigenvalue weighted by Gasteiger charge is 2.21. The zero-order valence-electron chi connectivity index (χ0n) is 16.7. The van der Waals surface area contributed by atoms with Crippen LogP contribution in [0.3, 0.4) is 0 Å². The molecule has 32 heavy (non-hydrogen) atoms. The van der Waals surface area contributed by atoms with Crippen LogP contribution in [0.15, 0.2) is 40.8 Å². The number of halogens is 5. The Balaban J connectivity index is 1.72. The van der Waals surface area contributed by atoms with Crippen LogP contribution in [-0.4, -0.2) is 20.0 Å². The second-order valence-electron chi connectivity index (χ2n) is 6.26. The monoisotopic (exact) mass is 534 g/mol. The first-order valence-corrected chi connectivity index (χ1v) is 10.8. The van der Waals surface area contributed by atoms with Gasteiger partial charge in [0.1, 0.15) is 39.7 Å². The van der Waals surface area contributed by atoms with Crippen LogP contribution in [-0.2, 0) is 6.61 Å². The van der Waals surface area contributed by atoms with Gasteiger partial charge in [-0.25, -0.2) is 0 Å². The summed E-state index contributed by atoms with van der Waals surface area (Å²) < 4.78 is 21.7. The minimum atomic E-state index is -0.279. The molecule has 5 nitrogen and oxygen atoms in total. The molecule has 0 atom stereocenters. The lowest BCUT2D eigenvalue weighted by molar-refractivity contribution is 0.104. The van der Waals surface area contributed by atoms with Gasteiger partial charge in [-0.15, -0.1) is 0 Å². The van der Waals surface area contributed by atoms with Crippen molar-refractivity contribution in [3.63, 3.8) is 0 Å². The van der Waals surface area contributed by atoms with E-state index in [-0.39, 0.29) is 43.3 Å². The van der Waals surface area contributed by atoms with Gasteiger partial charge in [-0.1, -0.05) is 58.0 Å². The fraction of sp³-hybridized carbons (Fsp3) is 0.136. The summed E-state index contributed by atoms with van der Waals surface area (Å²) in [4.78, 5) is 12.6. The molecule has 0 aliphatic heterocycles. The van der Waals surface area contributed by atoms with E-state index in [4.69, 9.17) is 76.6 Å². The van der Waals surface area contributed by atoms with E-state index in [0.29, 0.717) is 28.6 Å². The lowest BCUT2D eigenvalue weighted by Crippen LogP contribution is -1.99. The maximum atomic E-state index is 12.6. The predicted octanol–water partition coefficient (Wildman–Crippen LogP) is 8.04. The van der Waals surface area contributed by atoms with Gasteiger partial charge < -0.3 is 18.6 Å². The number of hydrogen-bond acceptors (Lipinski definition) is 5. The average molecular weight is 537 g/mol. The SMILES string of the molecule is COc1ccc(OC)c(C(=O)/C=C/c2ccc(COc3c(Cl)c(Cl)c(Cl)c(Cl)c3Cl)o2)c1. The van der Waals surface area contributed by atoms with Crippen LogP contribution in [0.5, 0.6) is 17.2 Å². The first kappa shape index (κ1) is 24.6. The van der Waals surface area contributed by atoms with E-state index in [9.17, 15) is 4.79 Å². The molecule has 0 saturated carbocycles. The second-order valence-corrected chi connectivity index (χ2v) is 8.15. The van der Waals surface area contributed by atoms with Gasteiger partial charge in [0.25, 0.3) is 0 Å². The van der Waals surface area contributed by atoms with E-state index in [1.165, 1.54) is 26.4 Å². The number of allylic oxidation sites excluding steroid dienone is 1. The number of furan rings is 1. The molecule has 0 aliphatic carbocycles. The number of ether oxygens (including phenoxy) is 3. The Kier molecular flexibility index (Phi) is 8.26. The van der Waals surface area contributed by atoms with Crippen molar-refractivity contribution in [2.45, 2.75) is 6.61 Å². The van der Waals surface area contributed by atoms with Crippen LogP contribution in [0.2, 0.25) is 25.1 Å². The molecule has 0 saturated heterocycles. The fourth-order valence-corrected chi connectivity index (χ4v) is 3.90. The maximum absolute atomic E-state index is 12.6. The van der Waals surface area contributed by atoms with Crippen LogP contribution in [0, 0.1) is 0 Å². The second kappa shape index (κ2) is 10.7. The molecule has 0 N–H and O–H groups in total. The summed E-state index contributed by atoms with van der Waals surface area (Å²) in [6.07, 6.45) is 2.90. The van der Waals surface area contributed by atoms with Crippen LogP contribution in [0.4, 0.5) is 0 Å². The molecule has 1 heterocycles. The van der Waals surface area contributed by atoms with Crippen LogP contribution < -0.4 is 14.2 Å². The molecular weight excluding hydrogens is 522 g/mol. The fourth-order valence-electron chi connectivity index (χ4n) is 2.67. The zero-order chi connectivity index (χ0) is 23.4.